The van der Waals surface area contributed by atoms with E-state index in [4.69, 9.17) is 0 Å². The minimum absolute atomic E-state index is 0.00604. The van der Waals surface area contributed by atoms with Gasteiger partial charge in [-0.1, -0.05) is 12.1 Å². The Bertz CT molecular complexity index is 581. The molecule has 0 bridgehead atoms. The van der Waals surface area contributed by atoms with Crippen LogP contribution in [0.2, 0.25) is 0 Å². The van der Waals surface area contributed by atoms with Crippen LogP contribution in [0.5, 0.6) is 0 Å². The molecule has 7 heteroatoms. The molecule has 1 atom stereocenters. The van der Waals surface area contributed by atoms with E-state index >= 15 is 0 Å². The molecule has 1 unspecified atom stereocenters. The van der Waals surface area contributed by atoms with Crippen LogP contribution in [0.3, 0.4) is 0 Å². The fourth-order valence-corrected chi connectivity index (χ4v) is 1.95. The summed E-state index contributed by atoms with van der Waals surface area (Å²) in [5.74, 6) is -0.00604. The van der Waals surface area contributed by atoms with Crippen molar-refractivity contribution in [2.75, 3.05) is 6.54 Å². The Labute approximate surface area is 123 Å². The van der Waals surface area contributed by atoms with Gasteiger partial charge in [-0.3, -0.25) is 4.79 Å². The van der Waals surface area contributed by atoms with E-state index in [9.17, 15) is 4.79 Å². The predicted octanol–water partition coefficient (Wildman–Crippen LogP) is 0.837. The van der Waals surface area contributed by atoms with E-state index in [0.717, 1.165) is 11.3 Å². The molecule has 1 aromatic heterocycles. The minimum atomic E-state index is -0.00604. The molecule has 21 heavy (non-hydrogen) atoms. The zero-order valence-electron chi connectivity index (χ0n) is 12.4. The zero-order chi connectivity index (χ0) is 15.2. The van der Waals surface area contributed by atoms with E-state index in [1.807, 2.05) is 45.0 Å². The van der Waals surface area contributed by atoms with E-state index in [2.05, 4.69) is 26.2 Å². The van der Waals surface area contributed by atoms with Crippen molar-refractivity contribution in [2.24, 2.45) is 0 Å². The largest absolute Gasteiger partial charge is 0.353 e. The maximum absolute atomic E-state index is 11.6. The van der Waals surface area contributed by atoms with Crippen molar-refractivity contribution < 1.29 is 4.79 Å². The standard InChI is InChI=1S/C14H20N6O/c1-10(2)17-14(21)8-15-11(3)12-5-4-6-13(7-12)20-9-16-18-19-20/h4-7,9-11,15H,8H2,1-3H3,(H,17,21). The lowest BCUT2D eigenvalue weighted by Crippen LogP contribution is -2.38. The Morgan fingerprint density at radius 3 is 2.81 bits per heavy atom. The molecule has 1 aromatic carbocycles. The molecule has 7 nitrogen and oxygen atoms in total. The highest BCUT2D eigenvalue weighted by molar-refractivity contribution is 5.78. The Hall–Kier alpha value is -2.28. The SMILES string of the molecule is CC(C)NC(=O)CNC(C)c1cccc(-n2cnnn2)c1. The first-order valence-corrected chi connectivity index (χ1v) is 6.92. The van der Waals surface area contributed by atoms with Crippen molar-refractivity contribution in [2.45, 2.75) is 32.9 Å². The number of hydrogen-bond acceptors (Lipinski definition) is 5. The summed E-state index contributed by atoms with van der Waals surface area (Å²) in [6.45, 7) is 6.18. The average molecular weight is 288 g/mol. The number of nitrogens with zero attached hydrogens (tertiary/aromatic N) is 4. The van der Waals surface area contributed by atoms with Crippen molar-refractivity contribution in [1.29, 1.82) is 0 Å². The van der Waals surface area contributed by atoms with Crippen molar-refractivity contribution in [3.63, 3.8) is 0 Å². The molecule has 1 amide bonds. The normalized spacial score (nSPS) is 12.4. The third-order valence-corrected chi connectivity index (χ3v) is 3.00. The van der Waals surface area contributed by atoms with Crippen LogP contribution in [-0.2, 0) is 4.79 Å². The minimum Gasteiger partial charge on any atom is -0.353 e. The molecule has 0 saturated heterocycles. The summed E-state index contributed by atoms with van der Waals surface area (Å²) in [5, 5.41) is 17.2. The van der Waals surface area contributed by atoms with E-state index in [1.165, 1.54) is 0 Å². The molecule has 0 radical (unpaired) electrons. The van der Waals surface area contributed by atoms with Crippen LogP contribution in [0, 0.1) is 0 Å². The lowest BCUT2D eigenvalue weighted by Gasteiger charge is -2.16. The molecular weight excluding hydrogens is 268 g/mol. The van der Waals surface area contributed by atoms with Crippen molar-refractivity contribution >= 4 is 5.91 Å². The van der Waals surface area contributed by atoms with Gasteiger partial charge in [0.05, 0.1) is 12.2 Å². The first-order chi connectivity index (χ1) is 10.1. The number of rotatable bonds is 6. The first kappa shape index (κ1) is 15.1. The number of aromatic nitrogens is 4. The number of carbonyl (C=O) groups excluding carboxylic acids is 1. The molecule has 0 aliphatic carbocycles. The fourth-order valence-electron chi connectivity index (χ4n) is 1.95. The van der Waals surface area contributed by atoms with E-state index in [0.29, 0.717) is 0 Å². The lowest BCUT2D eigenvalue weighted by atomic mass is 10.1. The van der Waals surface area contributed by atoms with Crippen LogP contribution >= 0.6 is 0 Å². The third kappa shape index (κ3) is 4.35. The molecule has 1 heterocycles. The van der Waals surface area contributed by atoms with Crippen LogP contribution < -0.4 is 10.6 Å². The van der Waals surface area contributed by atoms with Gasteiger partial charge in [-0.15, -0.1) is 5.10 Å². The van der Waals surface area contributed by atoms with E-state index in [-0.39, 0.29) is 24.5 Å². The van der Waals surface area contributed by atoms with Crippen LogP contribution in [-0.4, -0.2) is 38.7 Å². The summed E-state index contributed by atoms with van der Waals surface area (Å²) >= 11 is 0. The Balaban J connectivity index is 1.98. The molecule has 0 aliphatic heterocycles. The molecule has 112 valence electrons. The zero-order valence-corrected chi connectivity index (χ0v) is 12.4. The second-order valence-corrected chi connectivity index (χ2v) is 5.17. The van der Waals surface area contributed by atoms with Crippen molar-refractivity contribution in [1.82, 2.24) is 30.8 Å². The second-order valence-electron chi connectivity index (χ2n) is 5.17. The number of tetrazole rings is 1. The van der Waals surface area contributed by atoms with Gasteiger partial charge in [-0.2, -0.15) is 0 Å². The topological polar surface area (TPSA) is 84.7 Å². The van der Waals surface area contributed by atoms with Gasteiger partial charge in [0, 0.05) is 12.1 Å². The predicted molar refractivity (Wildman–Crippen MR) is 78.9 cm³/mol. The maximum atomic E-state index is 11.6. The van der Waals surface area contributed by atoms with Gasteiger partial charge >= 0.3 is 0 Å². The summed E-state index contributed by atoms with van der Waals surface area (Å²) < 4.78 is 1.60. The maximum Gasteiger partial charge on any atom is 0.234 e. The lowest BCUT2D eigenvalue weighted by molar-refractivity contribution is -0.120. The monoisotopic (exact) mass is 288 g/mol. The Morgan fingerprint density at radius 1 is 1.33 bits per heavy atom. The quantitative estimate of drug-likeness (QED) is 0.822. The van der Waals surface area contributed by atoms with Gasteiger partial charge in [0.15, 0.2) is 0 Å². The van der Waals surface area contributed by atoms with Gasteiger partial charge in [-0.25, -0.2) is 4.68 Å². The van der Waals surface area contributed by atoms with Crippen LogP contribution in [0.25, 0.3) is 5.69 Å². The van der Waals surface area contributed by atoms with Crippen LogP contribution in [0.15, 0.2) is 30.6 Å². The molecule has 0 saturated carbocycles. The van der Waals surface area contributed by atoms with Gasteiger partial charge < -0.3 is 10.6 Å². The fraction of sp³-hybridized carbons (Fsp3) is 0.429. The van der Waals surface area contributed by atoms with E-state index in [1.54, 1.807) is 11.0 Å². The Morgan fingerprint density at radius 2 is 2.14 bits per heavy atom. The molecule has 0 fully saturated rings. The smallest absolute Gasteiger partial charge is 0.234 e. The summed E-state index contributed by atoms with van der Waals surface area (Å²) in [7, 11) is 0. The van der Waals surface area contributed by atoms with Gasteiger partial charge in [0.25, 0.3) is 0 Å². The molecule has 2 rings (SSSR count). The van der Waals surface area contributed by atoms with Crippen LogP contribution in [0.4, 0.5) is 0 Å². The summed E-state index contributed by atoms with van der Waals surface area (Å²) in [4.78, 5) is 11.6. The number of hydrogen-bond donors (Lipinski definition) is 2. The third-order valence-electron chi connectivity index (χ3n) is 3.00. The van der Waals surface area contributed by atoms with Crippen molar-refractivity contribution in [3.05, 3.63) is 36.2 Å². The molecule has 0 aliphatic rings. The highest BCUT2D eigenvalue weighted by atomic mass is 16.1. The first-order valence-electron chi connectivity index (χ1n) is 6.92. The second kappa shape index (κ2) is 6.94. The van der Waals surface area contributed by atoms with Gasteiger partial charge in [0.2, 0.25) is 5.91 Å². The number of carbonyl (C=O) groups is 1. The van der Waals surface area contributed by atoms with E-state index < -0.39 is 0 Å². The van der Waals surface area contributed by atoms with Gasteiger partial charge in [0.1, 0.15) is 6.33 Å². The molecule has 2 N–H and O–H groups in total. The molecule has 0 spiro atoms. The molecular formula is C14H20N6O. The number of amides is 1. The summed E-state index contributed by atoms with van der Waals surface area (Å²) in [5.41, 5.74) is 1.96. The highest BCUT2D eigenvalue weighted by Gasteiger charge is 2.09. The highest BCUT2D eigenvalue weighted by Crippen LogP contribution is 2.15. The summed E-state index contributed by atoms with van der Waals surface area (Å²) in [6.07, 6.45) is 1.55. The Kier molecular flexibility index (Phi) is 4.99. The average Bonchev–Trinajstić information content (AvgIpc) is 2.98. The number of benzene rings is 1. The van der Waals surface area contributed by atoms with Crippen LogP contribution in [0.1, 0.15) is 32.4 Å². The van der Waals surface area contributed by atoms with Crippen molar-refractivity contribution in [3.8, 4) is 5.69 Å². The number of nitrogens with one attached hydrogen (secondary N) is 2. The molecule has 2 aromatic rings. The van der Waals surface area contributed by atoms with Gasteiger partial charge in [-0.05, 0) is 48.9 Å². The summed E-state index contributed by atoms with van der Waals surface area (Å²) in [6, 6.07) is 8.08.